The molecule has 0 bridgehead atoms. The monoisotopic (exact) mass is 464 g/mol. The van der Waals surface area contributed by atoms with Crippen LogP contribution in [0, 0.1) is 10.1 Å². The largest absolute Gasteiger partial charge is 0.495 e. The number of para-hydroxylation sites is 3. The van der Waals surface area contributed by atoms with E-state index in [2.05, 4.69) is 20.7 Å². The van der Waals surface area contributed by atoms with E-state index >= 15 is 0 Å². The summed E-state index contributed by atoms with van der Waals surface area (Å²) < 4.78 is 6.82. The minimum absolute atomic E-state index is 0.0191. The number of aliphatic hydroxyl groups is 1. The quantitative estimate of drug-likeness (QED) is 0.341. The van der Waals surface area contributed by atoms with Crippen molar-refractivity contribution in [2.45, 2.75) is 25.8 Å². The highest BCUT2D eigenvalue weighted by molar-refractivity contribution is 6.06. The normalized spacial score (nSPS) is 14.9. The first kappa shape index (κ1) is 22.9. The molecule has 1 atom stereocenters. The summed E-state index contributed by atoms with van der Waals surface area (Å²) in [5.41, 5.74) is 1.38. The van der Waals surface area contributed by atoms with Gasteiger partial charge in [-0.15, -0.1) is 0 Å². The van der Waals surface area contributed by atoms with E-state index in [1.54, 1.807) is 49.4 Å². The Morgan fingerprint density at radius 1 is 1.26 bits per heavy atom. The Kier molecular flexibility index (Phi) is 6.55. The third-order valence-corrected chi connectivity index (χ3v) is 5.48. The van der Waals surface area contributed by atoms with Gasteiger partial charge in [0.05, 0.1) is 28.9 Å². The van der Waals surface area contributed by atoms with Crippen LogP contribution in [-0.4, -0.2) is 44.4 Å². The second-order valence-electron chi connectivity index (χ2n) is 7.66. The lowest BCUT2D eigenvalue weighted by Crippen LogP contribution is -2.32. The highest BCUT2D eigenvalue weighted by atomic mass is 16.6. The van der Waals surface area contributed by atoms with Crippen molar-refractivity contribution in [1.82, 2.24) is 14.8 Å². The number of allylic oxidation sites excluding steroid dienone is 1. The predicted octanol–water partition coefficient (Wildman–Crippen LogP) is 3.05. The molecule has 0 saturated heterocycles. The average Bonchev–Trinajstić information content (AvgIpc) is 3.24. The molecule has 1 aliphatic heterocycles. The molecule has 176 valence electrons. The molecule has 0 radical (unpaired) electrons. The predicted molar refractivity (Wildman–Crippen MR) is 125 cm³/mol. The highest BCUT2D eigenvalue weighted by Crippen LogP contribution is 2.39. The highest BCUT2D eigenvalue weighted by Gasteiger charge is 2.37. The summed E-state index contributed by atoms with van der Waals surface area (Å²) in [6.45, 7) is 1.69. The number of rotatable bonds is 8. The van der Waals surface area contributed by atoms with Crippen LogP contribution in [0.15, 0.2) is 59.8 Å². The van der Waals surface area contributed by atoms with Crippen molar-refractivity contribution in [1.29, 1.82) is 0 Å². The smallest absolute Gasteiger partial charge is 0.275 e. The third kappa shape index (κ3) is 4.33. The van der Waals surface area contributed by atoms with Gasteiger partial charge in [0.2, 0.25) is 5.95 Å². The van der Waals surface area contributed by atoms with Crippen molar-refractivity contribution in [3.63, 3.8) is 0 Å². The maximum Gasteiger partial charge on any atom is 0.275 e. The van der Waals surface area contributed by atoms with E-state index < -0.39 is 16.9 Å². The van der Waals surface area contributed by atoms with Crippen LogP contribution in [0.3, 0.4) is 0 Å². The molecular weight excluding hydrogens is 440 g/mol. The lowest BCUT2D eigenvalue weighted by atomic mass is 9.93. The topological polar surface area (TPSA) is 144 Å². The number of aromatic nitrogens is 3. The number of methoxy groups -OCH3 is 1. The van der Waals surface area contributed by atoms with Crippen molar-refractivity contribution in [2.75, 3.05) is 24.4 Å². The molecule has 1 aromatic heterocycles. The molecule has 3 N–H and O–H groups in total. The summed E-state index contributed by atoms with van der Waals surface area (Å²) >= 11 is 0. The number of carbonyl (C=O) groups excluding carboxylic acids is 1. The van der Waals surface area contributed by atoms with Crippen LogP contribution in [0.5, 0.6) is 5.75 Å². The summed E-state index contributed by atoms with van der Waals surface area (Å²) in [5.74, 6) is 0.838. The van der Waals surface area contributed by atoms with Gasteiger partial charge in [0, 0.05) is 24.8 Å². The lowest BCUT2D eigenvalue weighted by Gasteiger charge is -2.28. The zero-order chi connectivity index (χ0) is 24.2. The molecule has 34 heavy (non-hydrogen) atoms. The van der Waals surface area contributed by atoms with Gasteiger partial charge in [0.1, 0.15) is 11.8 Å². The van der Waals surface area contributed by atoms with Gasteiger partial charge in [-0.25, -0.2) is 4.68 Å². The Labute approximate surface area is 195 Å². The standard InChI is InChI=1S/C23H24N6O5/c1-14-20(22(31)25-16-9-4-6-11-18(16)34-2)21(15-8-3-5-10-17(15)29(32)33)28-23(24-14)26-19(27-28)12-7-13-30/h3-6,8-11,21,30H,7,12-13H2,1-2H3,(H,25,31)(H,24,26,27)/t21-/m0/s1. The van der Waals surface area contributed by atoms with Gasteiger partial charge < -0.3 is 20.5 Å². The van der Waals surface area contributed by atoms with Crippen LogP contribution in [0.1, 0.15) is 30.8 Å². The SMILES string of the molecule is COc1ccccc1NC(=O)C1=C(C)Nc2nc(CCCO)nn2[C@H]1c1ccccc1[N+](=O)[O-]. The Bertz CT molecular complexity index is 1270. The molecule has 2 aromatic carbocycles. The van der Waals surface area contributed by atoms with Crippen LogP contribution in [0.25, 0.3) is 0 Å². The fourth-order valence-electron chi connectivity index (χ4n) is 3.94. The van der Waals surface area contributed by atoms with Crippen molar-refractivity contribution in [3.05, 3.63) is 81.3 Å². The molecule has 0 saturated carbocycles. The summed E-state index contributed by atoms with van der Waals surface area (Å²) in [4.78, 5) is 29.4. The van der Waals surface area contributed by atoms with E-state index in [1.165, 1.54) is 17.9 Å². The lowest BCUT2D eigenvalue weighted by molar-refractivity contribution is -0.385. The molecule has 11 nitrogen and oxygen atoms in total. The summed E-state index contributed by atoms with van der Waals surface area (Å²) in [6, 6.07) is 12.3. The van der Waals surface area contributed by atoms with Gasteiger partial charge >= 0.3 is 0 Å². The number of fused-ring (bicyclic) bond motifs is 1. The number of anilines is 2. The number of benzene rings is 2. The van der Waals surface area contributed by atoms with Crippen LogP contribution in [0.2, 0.25) is 0 Å². The maximum absolute atomic E-state index is 13.6. The minimum atomic E-state index is -0.900. The van der Waals surface area contributed by atoms with Crippen molar-refractivity contribution < 1.29 is 19.6 Å². The Morgan fingerprint density at radius 3 is 2.74 bits per heavy atom. The zero-order valence-corrected chi connectivity index (χ0v) is 18.7. The van der Waals surface area contributed by atoms with Crippen LogP contribution in [-0.2, 0) is 11.2 Å². The second-order valence-corrected chi connectivity index (χ2v) is 7.66. The Balaban J connectivity index is 1.83. The van der Waals surface area contributed by atoms with Crippen molar-refractivity contribution in [2.24, 2.45) is 0 Å². The molecule has 0 aliphatic carbocycles. The van der Waals surface area contributed by atoms with Gasteiger partial charge in [0.15, 0.2) is 5.82 Å². The van der Waals surface area contributed by atoms with E-state index in [1.807, 2.05) is 0 Å². The number of nitro groups is 1. The van der Waals surface area contributed by atoms with Crippen LogP contribution >= 0.6 is 0 Å². The number of carbonyl (C=O) groups is 1. The first-order chi connectivity index (χ1) is 16.4. The Hall–Kier alpha value is -4.25. The number of amides is 1. The van der Waals surface area contributed by atoms with Gasteiger partial charge in [-0.05, 0) is 31.5 Å². The second kappa shape index (κ2) is 9.71. The van der Waals surface area contributed by atoms with E-state index in [-0.39, 0.29) is 17.9 Å². The average molecular weight is 464 g/mol. The van der Waals surface area contributed by atoms with Crippen molar-refractivity contribution in [3.8, 4) is 5.75 Å². The van der Waals surface area contributed by atoms with Crippen LogP contribution < -0.4 is 15.4 Å². The fraction of sp³-hybridized carbons (Fsp3) is 0.261. The fourth-order valence-corrected chi connectivity index (χ4v) is 3.94. The number of hydrogen-bond donors (Lipinski definition) is 3. The van der Waals surface area contributed by atoms with Gasteiger partial charge in [-0.3, -0.25) is 14.9 Å². The summed E-state index contributed by atoms with van der Waals surface area (Å²) in [5, 5.41) is 31.5. The molecule has 11 heteroatoms. The molecule has 0 spiro atoms. The van der Waals surface area contributed by atoms with Crippen molar-refractivity contribution >= 4 is 23.2 Å². The molecule has 3 aromatic rings. The number of hydrogen-bond acceptors (Lipinski definition) is 8. The third-order valence-electron chi connectivity index (χ3n) is 5.48. The number of ether oxygens (including phenoxy) is 1. The first-order valence-corrected chi connectivity index (χ1v) is 10.7. The van der Waals surface area contributed by atoms with Gasteiger partial charge in [-0.2, -0.15) is 10.1 Å². The van der Waals surface area contributed by atoms with E-state index in [4.69, 9.17) is 4.74 Å². The number of nitrogens with zero attached hydrogens (tertiary/aromatic N) is 4. The molecule has 4 rings (SSSR count). The van der Waals surface area contributed by atoms with Gasteiger partial charge in [0.25, 0.3) is 11.6 Å². The number of nitrogens with one attached hydrogen (secondary N) is 2. The van der Waals surface area contributed by atoms with E-state index in [0.29, 0.717) is 47.3 Å². The summed E-state index contributed by atoms with van der Waals surface area (Å²) in [7, 11) is 1.50. The molecule has 2 heterocycles. The summed E-state index contributed by atoms with van der Waals surface area (Å²) in [6.07, 6.45) is 0.886. The van der Waals surface area contributed by atoms with Gasteiger partial charge in [-0.1, -0.05) is 24.3 Å². The number of nitro benzene ring substituents is 1. The van der Waals surface area contributed by atoms with E-state index in [9.17, 15) is 20.0 Å². The number of aliphatic hydroxyl groups excluding tert-OH is 1. The Morgan fingerprint density at radius 2 is 2.00 bits per heavy atom. The van der Waals surface area contributed by atoms with E-state index in [0.717, 1.165) is 0 Å². The molecule has 1 amide bonds. The molecule has 1 aliphatic rings. The molecular formula is C23H24N6O5. The molecule has 0 fully saturated rings. The maximum atomic E-state index is 13.6. The van der Waals surface area contributed by atoms with Crippen LogP contribution in [0.4, 0.5) is 17.3 Å². The number of aryl methyl sites for hydroxylation is 1. The first-order valence-electron chi connectivity index (χ1n) is 10.7. The minimum Gasteiger partial charge on any atom is -0.495 e. The molecule has 0 unspecified atom stereocenters. The zero-order valence-electron chi connectivity index (χ0n) is 18.7.